The highest BCUT2D eigenvalue weighted by Crippen LogP contribution is 2.79. The predicted octanol–water partition coefficient (Wildman–Crippen LogP) is 0.790. The lowest BCUT2D eigenvalue weighted by molar-refractivity contribution is -0.224. The number of ether oxygens (including phenoxy) is 1. The Morgan fingerprint density at radius 1 is 1.07 bits per heavy atom. The van der Waals surface area contributed by atoms with Gasteiger partial charge in [-0.05, 0) is 24.6 Å². The predicted molar refractivity (Wildman–Crippen MR) is 97.0 cm³/mol. The van der Waals surface area contributed by atoms with Gasteiger partial charge < -0.3 is 9.84 Å². The third kappa shape index (κ3) is 1.25. The van der Waals surface area contributed by atoms with E-state index in [1.807, 2.05) is 18.2 Å². The molecule has 0 amide bonds. The number of allylic oxidation sites excluding steroid dienone is 2. The minimum Gasteiger partial charge on any atom is -0.385 e. The van der Waals surface area contributed by atoms with Gasteiger partial charge in [0.15, 0.2) is 0 Å². The van der Waals surface area contributed by atoms with Gasteiger partial charge in [0.05, 0.1) is 47.4 Å². The standard InChI is InChI=1S/C20H19N3O4/c1-12-18(2,26)20-11-27-10-19(12,20)14-8-9-15(20)23-17(25)21(16(24)22(14)23)13-6-4-3-5-7-13/h3-9,14-15,26H,1,10-11H2,2H3/t14-,15+,18+,19+,20+/m1/s1. The van der Waals surface area contributed by atoms with Gasteiger partial charge >= 0.3 is 11.4 Å². The second kappa shape index (κ2) is 4.26. The van der Waals surface area contributed by atoms with Crippen molar-refractivity contribution in [3.63, 3.8) is 0 Å². The number of aliphatic hydroxyl groups is 1. The molecule has 27 heavy (non-hydrogen) atoms. The highest BCUT2D eigenvalue weighted by Gasteiger charge is 2.84. The lowest BCUT2D eigenvalue weighted by Gasteiger charge is -2.72. The number of aromatic nitrogens is 3. The van der Waals surface area contributed by atoms with E-state index in [2.05, 4.69) is 6.58 Å². The maximum Gasteiger partial charge on any atom is 0.352 e. The summed E-state index contributed by atoms with van der Waals surface area (Å²) in [7, 11) is 0. The Morgan fingerprint density at radius 3 is 2.41 bits per heavy atom. The molecule has 0 radical (unpaired) electrons. The Balaban J connectivity index is 1.70. The third-order valence-electron chi connectivity index (χ3n) is 7.48. The fourth-order valence-corrected chi connectivity index (χ4v) is 6.26. The summed E-state index contributed by atoms with van der Waals surface area (Å²) in [5, 5.41) is 11.2. The topological polar surface area (TPSA) is 78.4 Å². The lowest BCUT2D eigenvalue weighted by Crippen LogP contribution is -2.79. The van der Waals surface area contributed by atoms with Crippen LogP contribution in [0.5, 0.6) is 0 Å². The molecule has 1 saturated carbocycles. The molecule has 2 fully saturated rings. The summed E-state index contributed by atoms with van der Waals surface area (Å²) < 4.78 is 10.1. The summed E-state index contributed by atoms with van der Waals surface area (Å²) >= 11 is 0. The van der Waals surface area contributed by atoms with Gasteiger partial charge in [-0.2, -0.15) is 0 Å². The summed E-state index contributed by atoms with van der Waals surface area (Å²) in [5.74, 6) is 0. The molecular formula is C20H19N3O4. The molecule has 0 unspecified atom stereocenters. The molecule has 2 aromatic rings. The molecule has 1 aromatic carbocycles. The monoisotopic (exact) mass is 365 g/mol. The molecule has 2 aliphatic carbocycles. The van der Waals surface area contributed by atoms with Crippen molar-refractivity contribution >= 4 is 0 Å². The summed E-state index contributed by atoms with van der Waals surface area (Å²) in [6.07, 6.45) is 3.91. The fourth-order valence-electron chi connectivity index (χ4n) is 6.26. The molecule has 7 rings (SSSR count). The Bertz CT molecular complexity index is 1170. The normalized spacial score (nSPS) is 40.4. The average molecular weight is 365 g/mol. The summed E-state index contributed by atoms with van der Waals surface area (Å²) in [4.78, 5) is 26.6. The van der Waals surface area contributed by atoms with E-state index in [9.17, 15) is 14.7 Å². The Labute approximate surface area is 154 Å². The van der Waals surface area contributed by atoms with Gasteiger partial charge in [0, 0.05) is 0 Å². The van der Waals surface area contributed by atoms with Crippen LogP contribution < -0.4 is 11.4 Å². The number of para-hydroxylation sites is 1. The second-order valence-corrected chi connectivity index (χ2v) is 8.19. The van der Waals surface area contributed by atoms with E-state index < -0.39 is 34.2 Å². The van der Waals surface area contributed by atoms with Crippen LogP contribution in [0, 0.1) is 10.8 Å². The smallest absolute Gasteiger partial charge is 0.352 e. The van der Waals surface area contributed by atoms with Crippen molar-refractivity contribution in [2.24, 2.45) is 10.8 Å². The van der Waals surface area contributed by atoms with Crippen LogP contribution in [0.25, 0.3) is 5.69 Å². The van der Waals surface area contributed by atoms with Crippen molar-refractivity contribution < 1.29 is 9.84 Å². The minimum atomic E-state index is -1.16. The first kappa shape index (κ1) is 15.4. The van der Waals surface area contributed by atoms with E-state index in [1.165, 1.54) is 13.9 Å². The van der Waals surface area contributed by atoms with Gasteiger partial charge in [0.1, 0.15) is 0 Å². The van der Waals surface area contributed by atoms with Crippen LogP contribution in [0.1, 0.15) is 19.0 Å². The summed E-state index contributed by atoms with van der Waals surface area (Å²) in [6.45, 7) is 6.64. The van der Waals surface area contributed by atoms with Crippen LogP contribution in [0.15, 0.2) is 64.2 Å². The van der Waals surface area contributed by atoms with Gasteiger partial charge in [-0.15, -0.1) is 0 Å². The van der Waals surface area contributed by atoms with E-state index in [4.69, 9.17) is 4.74 Å². The molecule has 1 saturated heterocycles. The molecule has 138 valence electrons. The van der Waals surface area contributed by atoms with Gasteiger partial charge in [0.25, 0.3) is 0 Å². The SMILES string of the molecule is C=C1[C@](C)(O)[C@@]23COC[C@@]12[C@H]1C=C[C@@H]3n2c(=O)n(-c3ccccc3)c(=O)n21. The molecule has 2 bridgehead atoms. The van der Waals surface area contributed by atoms with Crippen molar-refractivity contribution in [1.29, 1.82) is 0 Å². The third-order valence-corrected chi connectivity index (χ3v) is 7.48. The van der Waals surface area contributed by atoms with Gasteiger partial charge in [-0.25, -0.2) is 23.5 Å². The molecular weight excluding hydrogens is 346 g/mol. The van der Waals surface area contributed by atoms with Gasteiger partial charge in [0.2, 0.25) is 0 Å². The van der Waals surface area contributed by atoms with Crippen molar-refractivity contribution in [3.05, 3.63) is 75.6 Å². The average Bonchev–Trinajstić information content (AvgIpc) is 3.21. The highest BCUT2D eigenvalue weighted by molar-refractivity contribution is 5.52. The van der Waals surface area contributed by atoms with Crippen LogP contribution in [-0.4, -0.2) is 37.9 Å². The van der Waals surface area contributed by atoms with Crippen molar-refractivity contribution in [2.75, 3.05) is 13.2 Å². The van der Waals surface area contributed by atoms with Gasteiger partial charge in [-0.3, -0.25) is 0 Å². The molecule has 3 aliphatic heterocycles. The minimum absolute atomic E-state index is 0.335. The molecule has 4 heterocycles. The summed E-state index contributed by atoms with van der Waals surface area (Å²) in [5.41, 5.74) is -1.95. The zero-order valence-corrected chi connectivity index (χ0v) is 14.8. The van der Waals surface area contributed by atoms with Gasteiger partial charge in [-0.1, -0.05) is 36.9 Å². The first-order chi connectivity index (χ1) is 12.9. The van der Waals surface area contributed by atoms with Crippen LogP contribution in [-0.2, 0) is 4.74 Å². The van der Waals surface area contributed by atoms with Crippen molar-refractivity contribution in [1.82, 2.24) is 13.9 Å². The van der Waals surface area contributed by atoms with E-state index >= 15 is 0 Å². The molecule has 5 atom stereocenters. The van der Waals surface area contributed by atoms with E-state index in [1.54, 1.807) is 31.2 Å². The zero-order valence-electron chi connectivity index (χ0n) is 14.8. The highest BCUT2D eigenvalue weighted by atomic mass is 16.5. The second-order valence-electron chi connectivity index (χ2n) is 8.19. The first-order valence-corrected chi connectivity index (χ1v) is 9.09. The van der Waals surface area contributed by atoms with Crippen molar-refractivity contribution in [2.45, 2.75) is 24.6 Å². The van der Waals surface area contributed by atoms with E-state index in [0.717, 1.165) is 0 Å². The zero-order chi connectivity index (χ0) is 18.8. The lowest BCUT2D eigenvalue weighted by atomic mass is 9.34. The van der Waals surface area contributed by atoms with Crippen molar-refractivity contribution in [3.8, 4) is 5.69 Å². The van der Waals surface area contributed by atoms with E-state index in [0.29, 0.717) is 24.5 Å². The molecule has 0 spiro atoms. The molecule has 7 nitrogen and oxygen atoms in total. The maximum absolute atomic E-state index is 13.3. The Morgan fingerprint density at radius 2 is 1.70 bits per heavy atom. The van der Waals surface area contributed by atoms with Crippen LogP contribution >= 0.6 is 0 Å². The molecule has 1 aromatic heterocycles. The number of benzene rings is 1. The number of hydrogen-bond donors (Lipinski definition) is 1. The number of hydrogen-bond acceptors (Lipinski definition) is 4. The Hall–Kier alpha value is -2.64. The quantitative estimate of drug-likeness (QED) is 0.758. The summed E-state index contributed by atoms with van der Waals surface area (Å²) in [6, 6.07) is 8.06. The molecule has 7 heteroatoms. The van der Waals surface area contributed by atoms with Crippen LogP contribution in [0.3, 0.4) is 0 Å². The largest absolute Gasteiger partial charge is 0.385 e. The Kier molecular flexibility index (Phi) is 2.43. The number of rotatable bonds is 1. The van der Waals surface area contributed by atoms with Crippen LogP contribution in [0.2, 0.25) is 0 Å². The van der Waals surface area contributed by atoms with Crippen LogP contribution in [0.4, 0.5) is 0 Å². The fraction of sp³-hybridized carbons (Fsp3) is 0.400. The first-order valence-electron chi connectivity index (χ1n) is 9.09. The molecule has 1 N–H and O–H groups in total. The molecule has 5 aliphatic rings. The maximum atomic E-state index is 13.3. The number of nitrogens with zero attached hydrogens (tertiary/aromatic N) is 3. The van der Waals surface area contributed by atoms with E-state index in [-0.39, 0.29) is 5.69 Å².